The third-order valence-electron chi connectivity index (χ3n) is 3.90. The van der Waals surface area contributed by atoms with E-state index >= 15 is 0 Å². The van der Waals surface area contributed by atoms with Gasteiger partial charge < -0.3 is 4.74 Å². The van der Waals surface area contributed by atoms with Crippen molar-refractivity contribution in [1.82, 2.24) is 0 Å². The van der Waals surface area contributed by atoms with Crippen molar-refractivity contribution in [3.05, 3.63) is 48.0 Å². The minimum absolute atomic E-state index is 0.206. The smallest absolute Gasteiger partial charge is 0.305 e. The summed E-state index contributed by atoms with van der Waals surface area (Å²) in [6, 6.07) is 14.2. The third kappa shape index (κ3) is 5.77. The highest BCUT2D eigenvalue weighted by Gasteiger charge is 2.20. The Morgan fingerprint density at radius 3 is 2.42 bits per heavy atom. The number of hydrogen-bond acceptors (Lipinski definition) is 3. The normalized spacial score (nSPS) is 13.6. The largest absolute Gasteiger partial charge is 0.466 e. The number of hydrogen-bond donors (Lipinski definition) is 0. The van der Waals surface area contributed by atoms with Gasteiger partial charge in [-0.1, -0.05) is 36.4 Å². The van der Waals surface area contributed by atoms with Crippen LogP contribution in [0.5, 0.6) is 0 Å². The molecule has 0 radical (unpaired) electrons. The molecule has 140 valence electrons. The van der Waals surface area contributed by atoms with Crippen LogP contribution in [-0.4, -0.2) is 27.2 Å². The Labute approximate surface area is 158 Å². The molecular formula is C21H27NO3S. The van der Waals surface area contributed by atoms with Crippen LogP contribution in [0.4, 0.5) is 0 Å². The summed E-state index contributed by atoms with van der Waals surface area (Å²) in [5, 5.41) is 2.27. The predicted octanol–water partition coefficient (Wildman–Crippen LogP) is 4.82. The van der Waals surface area contributed by atoms with Crippen molar-refractivity contribution in [3.63, 3.8) is 0 Å². The van der Waals surface area contributed by atoms with Gasteiger partial charge >= 0.3 is 5.97 Å². The van der Waals surface area contributed by atoms with E-state index in [0.29, 0.717) is 25.9 Å². The Bertz CT molecular complexity index is 821. The molecule has 26 heavy (non-hydrogen) atoms. The maximum absolute atomic E-state index is 12.5. The highest BCUT2D eigenvalue weighted by Crippen LogP contribution is 2.20. The number of rotatable bonds is 7. The molecule has 4 nitrogen and oxygen atoms in total. The van der Waals surface area contributed by atoms with E-state index in [9.17, 15) is 9.00 Å². The van der Waals surface area contributed by atoms with Crippen molar-refractivity contribution in [2.45, 2.75) is 51.7 Å². The quantitative estimate of drug-likeness (QED) is 0.516. The molecule has 0 amide bonds. The van der Waals surface area contributed by atoms with E-state index in [0.717, 1.165) is 22.0 Å². The molecule has 2 aromatic rings. The minimum atomic E-state index is -1.35. The number of benzene rings is 2. The van der Waals surface area contributed by atoms with E-state index in [4.69, 9.17) is 4.74 Å². The fourth-order valence-electron chi connectivity index (χ4n) is 2.48. The van der Waals surface area contributed by atoms with Gasteiger partial charge in [-0.3, -0.25) is 4.79 Å². The van der Waals surface area contributed by atoms with E-state index in [1.54, 1.807) is 6.92 Å². The summed E-state index contributed by atoms with van der Waals surface area (Å²) >= 11 is 0. The molecule has 0 bridgehead atoms. The molecule has 2 aromatic carbocycles. The van der Waals surface area contributed by atoms with E-state index in [-0.39, 0.29) is 5.97 Å². The van der Waals surface area contributed by atoms with Gasteiger partial charge in [0.25, 0.3) is 0 Å². The molecule has 0 saturated carbocycles. The van der Waals surface area contributed by atoms with Crippen LogP contribution in [0.15, 0.2) is 46.9 Å². The summed E-state index contributed by atoms with van der Waals surface area (Å²) in [6.07, 6.45) is 1.54. The van der Waals surface area contributed by atoms with Gasteiger partial charge in [0.2, 0.25) is 0 Å². The first-order valence-electron chi connectivity index (χ1n) is 8.95. The zero-order valence-corrected chi connectivity index (χ0v) is 16.8. The Morgan fingerprint density at radius 1 is 1.08 bits per heavy atom. The van der Waals surface area contributed by atoms with Gasteiger partial charge in [0.05, 0.1) is 17.1 Å². The number of ether oxygens (including phenoxy) is 1. The average Bonchev–Trinajstić information content (AvgIpc) is 2.59. The van der Waals surface area contributed by atoms with Crippen molar-refractivity contribution < 1.29 is 13.7 Å². The van der Waals surface area contributed by atoms with Crippen LogP contribution < -0.4 is 0 Å². The lowest BCUT2D eigenvalue weighted by Crippen LogP contribution is -2.21. The average molecular weight is 374 g/mol. The molecular weight excluding hydrogens is 346 g/mol. The zero-order valence-electron chi connectivity index (χ0n) is 16.0. The van der Waals surface area contributed by atoms with E-state index < -0.39 is 15.7 Å². The van der Waals surface area contributed by atoms with Gasteiger partial charge in [-0.15, -0.1) is 0 Å². The Hall–Kier alpha value is -2.01. The summed E-state index contributed by atoms with van der Waals surface area (Å²) < 4.78 is 21.6. The lowest BCUT2D eigenvalue weighted by molar-refractivity contribution is -0.143. The lowest BCUT2D eigenvalue weighted by atomic mass is 10.0. The van der Waals surface area contributed by atoms with Gasteiger partial charge in [0.15, 0.2) is 0 Å². The molecule has 0 spiro atoms. The Morgan fingerprint density at radius 2 is 1.77 bits per heavy atom. The second-order valence-corrected chi connectivity index (χ2v) is 9.03. The molecule has 0 aliphatic carbocycles. The van der Waals surface area contributed by atoms with Gasteiger partial charge in [-0.2, -0.15) is 4.40 Å². The predicted molar refractivity (Wildman–Crippen MR) is 109 cm³/mol. The maximum Gasteiger partial charge on any atom is 0.305 e. The summed E-state index contributed by atoms with van der Waals surface area (Å²) in [5.74, 6) is -0.206. The van der Waals surface area contributed by atoms with Crippen LogP contribution >= 0.6 is 0 Å². The third-order valence-corrected chi connectivity index (χ3v) is 5.33. The van der Waals surface area contributed by atoms with Crippen molar-refractivity contribution in [2.75, 3.05) is 6.61 Å². The van der Waals surface area contributed by atoms with Gasteiger partial charge in [0, 0.05) is 6.42 Å². The SMILES string of the molecule is CCOC(=O)CCC/C(=N/S(=O)C(C)(C)C)c1ccc2ccccc2c1. The fraction of sp³-hybridized carbons (Fsp3) is 0.429. The molecule has 0 fully saturated rings. The molecule has 0 aromatic heterocycles. The van der Waals surface area contributed by atoms with Crippen molar-refractivity contribution >= 4 is 33.4 Å². The summed E-state index contributed by atoms with van der Waals surface area (Å²) in [7, 11) is -1.35. The molecule has 5 heteroatoms. The van der Waals surface area contributed by atoms with Gasteiger partial charge in [-0.25, -0.2) is 4.21 Å². The van der Waals surface area contributed by atoms with Crippen LogP contribution in [-0.2, 0) is 20.5 Å². The molecule has 2 rings (SSSR count). The maximum atomic E-state index is 12.5. The molecule has 0 saturated heterocycles. The van der Waals surface area contributed by atoms with Crippen LogP contribution in [0.2, 0.25) is 0 Å². The first-order chi connectivity index (χ1) is 12.3. The lowest BCUT2D eigenvalue weighted by Gasteiger charge is -2.15. The molecule has 1 atom stereocenters. The van der Waals surface area contributed by atoms with Crippen LogP contribution in [0.25, 0.3) is 10.8 Å². The summed E-state index contributed by atoms with van der Waals surface area (Å²) in [4.78, 5) is 11.6. The highest BCUT2D eigenvalue weighted by atomic mass is 32.2. The number of nitrogens with zero attached hydrogens (tertiary/aromatic N) is 1. The molecule has 0 heterocycles. The summed E-state index contributed by atoms with van der Waals surface area (Å²) in [5.41, 5.74) is 1.72. The van der Waals surface area contributed by atoms with E-state index in [1.807, 2.05) is 45.0 Å². The monoisotopic (exact) mass is 373 g/mol. The second-order valence-electron chi connectivity index (χ2n) is 7.12. The van der Waals surface area contributed by atoms with E-state index in [2.05, 4.69) is 22.6 Å². The molecule has 0 N–H and O–H groups in total. The van der Waals surface area contributed by atoms with Crippen molar-refractivity contribution in [2.24, 2.45) is 4.40 Å². The Kier molecular flexibility index (Phi) is 7.09. The minimum Gasteiger partial charge on any atom is -0.466 e. The Balaban J connectivity index is 2.28. The number of esters is 1. The fourth-order valence-corrected chi connectivity index (χ4v) is 3.15. The number of fused-ring (bicyclic) bond motifs is 1. The standard InChI is InChI=1S/C21H27NO3S/c1-5-25-20(23)12-8-11-19(22-26(24)21(2,3)4)18-14-13-16-9-6-7-10-17(16)15-18/h6-7,9-10,13-15H,5,8,11-12H2,1-4H3/b22-19-. The summed E-state index contributed by atoms with van der Waals surface area (Å²) in [6.45, 7) is 7.90. The van der Waals surface area contributed by atoms with Crippen molar-refractivity contribution in [1.29, 1.82) is 0 Å². The van der Waals surface area contributed by atoms with Crippen LogP contribution in [0, 0.1) is 0 Å². The van der Waals surface area contributed by atoms with Crippen molar-refractivity contribution in [3.8, 4) is 0 Å². The van der Waals surface area contributed by atoms with Gasteiger partial charge in [-0.05, 0) is 62.9 Å². The first-order valence-corrected chi connectivity index (χ1v) is 10.1. The van der Waals surface area contributed by atoms with Gasteiger partial charge in [0.1, 0.15) is 11.0 Å². The molecule has 0 aliphatic rings. The molecule has 0 aliphatic heterocycles. The first kappa shape index (κ1) is 20.3. The highest BCUT2D eigenvalue weighted by molar-refractivity contribution is 7.85. The number of carbonyl (C=O) groups is 1. The van der Waals surface area contributed by atoms with Crippen LogP contribution in [0.3, 0.4) is 0 Å². The molecule has 1 unspecified atom stereocenters. The zero-order chi connectivity index (χ0) is 19.2. The topological polar surface area (TPSA) is 55.7 Å². The second kappa shape index (κ2) is 9.08. The van der Waals surface area contributed by atoms with E-state index in [1.165, 1.54) is 0 Å². The van der Waals surface area contributed by atoms with Crippen LogP contribution in [0.1, 0.15) is 52.5 Å². The number of carbonyl (C=O) groups excluding carboxylic acids is 1.